The molecule has 1 N–H and O–H groups in total. The zero-order chi connectivity index (χ0) is 13.1. The molecule has 0 saturated heterocycles. The van der Waals surface area contributed by atoms with Crippen molar-refractivity contribution < 1.29 is 4.52 Å². The lowest BCUT2D eigenvalue weighted by molar-refractivity contribution is 0.385. The van der Waals surface area contributed by atoms with Crippen molar-refractivity contribution in [2.24, 2.45) is 0 Å². The van der Waals surface area contributed by atoms with Gasteiger partial charge in [0, 0.05) is 18.9 Å². The van der Waals surface area contributed by atoms with Crippen molar-refractivity contribution in [2.75, 3.05) is 0 Å². The fraction of sp³-hybridized carbons (Fsp3) is 0.214. The third kappa shape index (κ3) is 2.77. The van der Waals surface area contributed by atoms with E-state index in [1.807, 2.05) is 24.3 Å². The number of hydrogen-bond acceptors (Lipinski definition) is 5. The number of fused-ring (bicyclic) bond motifs is 1. The number of nitrogens with one attached hydrogen (secondary N) is 1. The van der Waals surface area contributed by atoms with E-state index in [-0.39, 0.29) is 0 Å². The van der Waals surface area contributed by atoms with Gasteiger partial charge in [-0.15, -0.1) is 0 Å². The van der Waals surface area contributed by atoms with E-state index in [1.54, 1.807) is 6.92 Å². The Morgan fingerprint density at radius 1 is 1.05 bits per heavy atom. The van der Waals surface area contributed by atoms with Crippen molar-refractivity contribution in [3.63, 3.8) is 0 Å². The van der Waals surface area contributed by atoms with Crippen LogP contribution in [0.25, 0.3) is 10.9 Å². The molecule has 2 heterocycles. The summed E-state index contributed by atoms with van der Waals surface area (Å²) in [6, 6.07) is 12.2. The van der Waals surface area contributed by atoms with Crippen LogP contribution in [-0.2, 0) is 13.1 Å². The molecular formula is C14H14N4O. The van der Waals surface area contributed by atoms with E-state index in [0.29, 0.717) is 24.8 Å². The van der Waals surface area contributed by atoms with E-state index in [4.69, 9.17) is 4.52 Å². The maximum atomic E-state index is 4.91. The van der Waals surface area contributed by atoms with Crippen LogP contribution in [0, 0.1) is 6.92 Å². The monoisotopic (exact) mass is 254 g/mol. The molecule has 2 aromatic heterocycles. The minimum Gasteiger partial charge on any atom is -0.340 e. The molecule has 0 aliphatic heterocycles. The first-order valence-corrected chi connectivity index (χ1v) is 6.16. The summed E-state index contributed by atoms with van der Waals surface area (Å²) in [7, 11) is 0. The standard InChI is InChI=1S/C14H14N4O/c1-10-16-14(18-19-10)9-15-8-12-7-6-11-4-2-3-5-13(11)17-12/h2-7,15H,8-9H2,1H3. The van der Waals surface area contributed by atoms with Gasteiger partial charge in [-0.1, -0.05) is 29.4 Å². The number of rotatable bonds is 4. The van der Waals surface area contributed by atoms with Gasteiger partial charge < -0.3 is 9.84 Å². The third-order valence-corrected chi connectivity index (χ3v) is 2.81. The number of para-hydroxylation sites is 1. The molecule has 0 atom stereocenters. The molecule has 0 unspecified atom stereocenters. The molecular weight excluding hydrogens is 240 g/mol. The quantitative estimate of drug-likeness (QED) is 0.773. The maximum Gasteiger partial charge on any atom is 0.223 e. The Labute approximate surface area is 110 Å². The molecule has 0 fully saturated rings. The predicted molar refractivity (Wildman–Crippen MR) is 71.3 cm³/mol. The molecule has 0 amide bonds. The highest BCUT2D eigenvalue weighted by Gasteiger charge is 2.02. The molecule has 3 rings (SSSR count). The second-order valence-corrected chi connectivity index (χ2v) is 4.33. The summed E-state index contributed by atoms with van der Waals surface area (Å²) in [6.45, 7) is 3.03. The molecule has 0 saturated carbocycles. The van der Waals surface area contributed by atoms with E-state index >= 15 is 0 Å². The molecule has 0 spiro atoms. The minimum atomic E-state index is 0.575. The minimum absolute atomic E-state index is 0.575. The normalized spacial score (nSPS) is 11.0. The van der Waals surface area contributed by atoms with Gasteiger partial charge >= 0.3 is 0 Å². The highest BCUT2D eigenvalue weighted by molar-refractivity contribution is 5.78. The number of aryl methyl sites for hydroxylation is 1. The summed E-state index contributed by atoms with van der Waals surface area (Å²) in [5, 5.41) is 8.23. The van der Waals surface area contributed by atoms with Crippen LogP contribution in [0.4, 0.5) is 0 Å². The summed E-state index contributed by atoms with van der Waals surface area (Å²) >= 11 is 0. The van der Waals surface area contributed by atoms with Crippen LogP contribution in [0.2, 0.25) is 0 Å². The summed E-state index contributed by atoms with van der Waals surface area (Å²) in [5.74, 6) is 1.25. The Morgan fingerprint density at radius 3 is 2.79 bits per heavy atom. The van der Waals surface area contributed by atoms with E-state index in [0.717, 1.165) is 16.6 Å². The van der Waals surface area contributed by atoms with Crippen molar-refractivity contribution in [3.05, 3.63) is 53.8 Å². The van der Waals surface area contributed by atoms with Crippen LogP contribution < -0.4 is 5.32 Å². The third-order valence-electron chi connectivity index (χ3n) is 2.81. The smallest absolute Gasteiger partial charge is 0.223 e. The van der Waals surface area contributed by atoms with Crippen LogP contribution in [0.3, 0.4) is 0 Å². The van der Waals surface area contributed by atoms with E-state index in [1.165, 1.54) is 0 Å². The molecule has 1 aromatic carbocycles. The first-order valence-electron chi connectivity index (χ1n) is 6.16. The molecule has 3 aromatic rings. The van der Waals surface area contributed by atoms with Gasteiger partial charge in [0.25, 0.3) is 0 Å². The largest absolute Gasteiger partial charge is 0.340 e. The van der Waals surface area contributed by atoms with Crippen LogP contribution in [-0.4, -0.2) is 15.1 Å². The van der Waals surface area contributed by atoms with E-state index < -0.39 is 0 Å². The summed E-state index contributed by atoms with van der Waals surface area (Å²) < 4.78 is 4.91. The van der Waals surface area contributed by atoms with Crippen molar-refractivity contribution in [2.45, 2.75) is 20.0 Å². The maximum absolute atomic E-state index is 4.91. The number of nitrogens with zero attached hydrogens (tertiary/aromatic N) is 3. The summed E-state index contributed by atoms with van der Waals surface area (Å²) in [6.07, 6.45) is 0. The summed E-state index contributed by atoms with van der Waals surface area (Å²) in [5.41, 5.74) is 2.01. The van der Waals surface area contributed by atoms with Crippen LogP contribution in [0.1, 0.15) is 17.4 Å². The van der Waals surface area contributed by atoms with Crippen molar-refractivity contribution in [1.29, 1.82) is 0 Å². The van der Waals surface area contributed by atoms with Gasteiger partial charge in [-0.05, 0) is 12.1 Å². The Kier molecular flexibility index (Phi) is 3.20. The van der Waals surface area contributed by atoms with Gasteiger partial charge in [-0.2, -0.15) is 4.98 Å². The zero-order valence-corrected chi connectivity index (χ0v) is 10.6. The topological polar surface area (TPSA) is 63.8 Å². The molecule has 96 valence electrons. The van der Waals surface area contributed by atoms with Gasteiger partial charge in [-0.3, -0.25) is 4.98 Å². The SMILES string of the molecule is Cc1nc(CNCc2ccc3ccccc3n2)no1. The van der Waals surface area contributed by atoms with Gasteiger partial charge in [-0.25, -0.2) is 0 Å². The number of hydrogen-bond donors (Lipinski definition) is 1. The van der Waals surface area contributed by atoms with Crippen LogP contribution in [0.5, 0.6) is 0 Å². The first-order chi connectivity index (χ1) is 9.31. The first kappa shape index (κ1) is 11.8. The second-order valence-electron chi connectivity index (χ2n) is 4.33. The molecule has 5 nitrogen and oxygen atoms in total. The van der Waals surface area contributed by atoms with Crippen molar-refractivity contribution >= 4 is 10.9 Å². The predicted octanol–water partition coefficient (Wildman–Crippen LogP) is 2.22. The highest BCUT2D eigenvalue weighted by Crippen LogP contribution is 2.11. The lowest BCUT2D eigenvalue weighted by atomic mass is 10.2. The molecule has 0 aliphatic carbocycles. The summed E-state index contributed by atoms with van der Waals surface area (Å²) in [4.78, 5) is 8.72. The Hall–Kier alpha value is -2.27. The Balaban J connectivity index is 1.65. The fourth-order valence-corrected chi connectivity index (χ4v) is 1.92. The average molecular weight is 254 g/mol. The van der Waals surface area contributed by atoms with E-state index in [2.05, 4.69) is 32.6 Å². The van der Waals surface area contributed by atoms with Gasteiger partial charge in [0.15, 0.2) is 5.82 Å². The molecule has 0 bridgehead atoms. The number of benzene rings is 1. The Morgan fingerprint density at radius 2 is 1.95 bits per heavy atom. The lowest BCUT2D eigenvalue weighted by Crippen LogP contribution is -2.14. The Bertz CT molecular complexity index is 692. The zero-order valence-electron chi connectivity index (χ0n) is 10.6. The van der Waals surface area contributed by atoms with E-state index in [9.17, 15) is 0 Å². The van der Waals surface area contributed by atoms with Crippen LogP contribution in [0.15, 0.2) is 40.9 Å². The van der Waals surface area contributed by atoms with Crippen molar-refractivity contribution in [3.8, 4) is 0 Å². The van der Waals surface area contributed by atoms with Crippen molar-refractivity contribution in [1.82, 2.24) is 20.4 Å². The second kappa shape index (κ2) is 5.16. The molecule has 5 heteroatoms. The van der Waals surface area contributed by atoms with Crippen LogP contribution >= 0.6 is 0 Å². The van der Waals surface area contributed by atoms with Gasteiger partial charge in [0.05, 0.1) is 17.8 Å². The molecule has 0 radical (unpaired) electrons. The average Bonchev–Trinajstić information content (AvgIpc) is 2.84. The van der Waals surface area contributed by atoms with Gasteiger partial charge in [0.2, 0.25) is 5.89 Å². The highest BCUT2D eigenvalue weighted by atomic mass is 16.5. The van der Waals surface area contributed by atoms with Gasteiger partial charge in [0.1, 0.15) is 0 Å². The number of pyridine rings is 1. The molecule has 0 aliphatic rings. The number of aromatic nitrogens is 3. The molecule has 19 heavy (non-hydrogen) atoms. The fourth-order valence-electron chi connectivity index (χ4n) is 1.92. The lowest BCUT2D eigenvalue weighted by Gasteiger charge is -2.03.